The second-order valence-corrected chi connectivity index (χ2v) is 14.4. The molecule has 0 aliphatic heterocycles. The molecule has 0 saturated carbocycles. The van der Waals surface area contributed by atoms with E-state index < -0.39 is 29.9 Å². The summed E-state index contributed by atoms with van der Waals surface area (Å²) in [6, 6.07) is 25.5. The molecule has 4 rings (SSSR count). The molecule has 11 heteroatoms. The van der Waals surface area contributed by atoms with Crippen LogP contribution in [0.25, 0.3) is 0 Å². The average Bonchev–Trinajstić information content (AvgIpc) is 2.92. The van der Waals surface area contributed by atoms with E-state index in [1.807, 2.05) is 12.1 Å². The first kappa shape index (κ1) is 28.7. The summed E-state index contributed by atoms with van der Waals surface area (Å²) in [5.41, 5.74) is 2.23. The standard InChI is InChI=1S/C28H28N2O6S3/c1-21-13-15-25(17-27(21)38(33,34)29-19-23-9-5-3-6-10-23)37(31,32)26-16-14-22(2)28(18-26)39(35,36)30-20-24-11-7-4-8-12-24/h3-18,29-30H,19-20H2,1-2H3. The molecule has 4 aromatic carbocycles. The van der Waals surface area contributed by atoms with Gasteiger partial charge in [-0.3, -0.25) is 0 Å². The van der Waals surface area contributed by atoms with E-state index in [1.165, 1.54) is 24.3 Å². The summed E-state index contributed by atoms with van der Waals surface area (Å²) in [7, 11) is -12.3. The van der Waals surface area contributed by atoms with Gasteiger partial charge in [0, 0.05) is 13.1 Å². The van der Waals surface area contributed by atoms with Crippen molar-refractivity contribution in [2.45, 2.75) is 46.5 Å². The number of nitrogens with one attached hydrogen (secondary N) is 2. The molecule has 0 aliphatic rings. The van der Waals surface area contributed by atoms with Gasteiger partial charge < -0.3 is 0 Å². The van der Waals surface area contributed by atoms with Crippen LogP contribution in [0.5, 0.6) is 0 Å². The second-order valence-electron chi connectivity index (χ2n) is 8.98. The lowest BCUT2D eigenvalue weighted by atomic mass is 10.2. The smallest absolute Gasteiger partial charge is 0.219 e. The van der Waals surface area contributed by atoms with Gasteiger partial charge in [0.25, 0.3) is 0 Å². The van der Waals surface area contributed by atoms with Crippen molar-refractivity contribution >= 4 is 29.9 Å². The zero-order chi connectivity index (χ0) is 28.3. The Morgan fingerprint density at radius 2 is 0.872 bits per heavy atom. The lowest BCUT2D eigenvalue weighted by molar-refractivity contribution is 0.579. The summed E-state index contributed by atoms with van der Waals surface area (Å²) in [6.45, 7) is 3.22. The van der Waals surface area contributed by atoms with Crippen molar-refractivity contribution in [3.63, 3.8) is 0 Å². The molecule has 0 aliphatic carbocycles. The molecule has 0 atom stereocenters. The fourth-order valence-corrected chi connectivity index (χ4v) is 7.95. The van der Waals surface area contributed by atoms with Crippen molar-refractivity contribution in [3.8, 4) is 0 Å². The van der Waals surface area contributed by atoms with Crippen LogP contribution in [0.3, 0.4) is 0 Å². The van der Waals surface area contributed by atoms with Gasteiger partial charge in [-0.25, -0.2) is 34.7 Å². The maximum Gasteiger partial charge on any atom is 0.241 e. The van der Waals surface area contributed by atoms with Gasteiger partial charge in [-0.2, -0.15) is 0 Å². The second kappa shape index (κ2) is 11.4. The molecule has 0 unspecified atom stereocenters. The van der Waals surface area contributed by atoms with Crippen LogP contribution >= 0.6 is 0 Å². The molecule has 39 heavy (non-hydrogen) atoms. The highest BCUT2D eigenvalue weighted by molar-refractivity contribution is 7.92. The summed E-state index contributed by atoms with van der Waals surface area (Å²) in [6.07, 6.45) is 0. The monoisotopic (exact) mass is 584 g/mol. The lowest BCUT2D eigenvalue weighted by Crippen LogP contribution is -2.24. The van der Waals surface area contributed by atoms with Crippen LogP contribution in [0.1, 0.15) is 22.3 Å². The van der Waals surface area contributed by atoms with Crippen molar-refractivity contribution in [3.05, 3.63) is 119 Å². The van der Waals surface area contributed by atoms with E-state index in [0.717, 1.165) is 23.3 Å². The van der Waals surface area contributed by atoms with E-state index in [1.54, 1.807) is 62.4 Å². The van der Waals surface area contributed by atoms with Crippen LogP contribution in [-0.2, 0) is 43.0 Å². The van der Waals surface area contributed by atoms with Gasteiger partial charge in [0.15, 0.2) is 0 Å². The third kappa shape index (κ3) is 6.63. The lowest BCUT2D eigenvalue weighted by Gasteiger charge is -2.14. The summed E-state index contributed by atoms with van der Waals surface area (Å²) in [4.78, 5) is -0.886. The van der Waals surface area contributed by atoms with Crippen LogP contribution < -0.4 is 9.44 Å². The van der Waals surface area contributed by atoms with Crippen LogP contribution in [-0.4, -0.2) is 25.3 Å². The van der Waals surface area contributed by atoms with Crippen LogP contribution in [0, 0.1) is 13.8 Å². The fraction of sp³-hybridized carbons (Fsp3) is 0.143. The van der Waals surface area contributed by atoms with Gasteiger partial charge in [0.2, 0.25) is 29.9 Å². The Hall–Kier alpha value is -3.35. The van der Waals surface area contributed by atoms with E-state index in [9.17, 15) is 25.3 Å². The van der Waals surface area contributed by atoms with Crippen molar-refractivity contribution in [1.82, 2.24) is 9.44 Å². The SMILES string of the molecule is Cc1ccc(S(=O)(=O)c2ccc(C)c(S(=O)(=O)NCc3ccccc3)c2)cc1S(=O)(=O)NCc1ccccc1. The highest BCUT2D eigenvalue weighted by atomic mass is 32.2. The van der Waals surface area contributed by atoms with Gasteiger partial charge in [0.1, 0.15) is 0 Å². The molecule has 0 aromatic heterocycles. The summed E-state index contributed by atoms with van der Waals surface area (Å²) < 4.78 is 84.4. The molecular weight excluding hydrogens is 557 g/mol. The van der Waals surface area contributed by atoms with Gasteiger partial charge in [-0.05, 0) is 60.4 Å². The van der Waals surface area contributed by atoms with E-state index in [2.05, 4.69) is 9.44 Å². The quantitative estimate of drug-likeness (QED) is 0.289. The topological polar surface area (TPSA) is 126 Å². The molecule has 204 valence electrons. The average molecular weight is 585 g/mol. The van der Waals surface area contributed by atoms with Gasteiger partial charge >= 0.3 is 0 Å². The number of benzene rings is 4. The summed E-state index contributed by atoms with van der Waals surface area (Å²) >= 11 is 0. The highest BCUT2D eigenvalue weighted by Crippen LogP contribution is 2.28. The molecule has 0 radical (unpaired) electrons. The van der Waals surface area contributed by atoms with Gasteiger partial charge in [0.05, 0.1) is 19.6 Å². The van der Waals surface area contributed by atoms with Gasteiger partial charge in [-0.15, -0.1) is 0 Å². The first-order chi connectivity index (χ1) is 18.4. The molecule has 8 nitrogen and oxygen atoms in total. The zero-order valence-electron chi connectivity index (χ0n) is 21.3. The third-order valence-corrected chi connectivity index (χ3v) is 11.0. The van der Waals surface area contributed by atoms with Crippen LogP contribution in [0.15, 0.2) is 117 Å². The van der Waals surface area contributed by atoms with E-state index in [-0.39, 0.29) is 32.7 Å². The van der Waals surface area contributed by atoms with Crippen molar-refractivity contribution < 1.29 is 25.3 Å². The number of hydrogen-bond acceptors (Lipinski definition) is 6. The third-order valence-electron chi connectivity index (χ3n) is 6.14. The maximum atomic E-state index is 13.5. The largest absolute Gasteiger partial charge is 0.241 e. The Morgan fingerprint density at radius 1 is 0.513 bits per heavy atom. The van der Waals surface area contributed by atoms with E-state index in [0.29, 0.717) is 11.1 Å². The minimum absolute atomic E-state index is 0.0365. The normalized spacial score (nSPS) is 12.4. The van der Waals surface area contributed by atoms with E-state index >= 15 is 0 Å². The summed E-state index contributed by atoms with van der Waals surface area (Å²) in [5, 5.41) is 0. The Morgan fingerprint density at radius 3 is 1.23 bits per heavy atom. The highest BCUT2D eigenvalue weighted by Gasteiger charge is 2.26. The van der Waals surface area contributed by atoms with E-state index in [4.69, 9.17) is 0 Å². The fourth-order valence-electron chi connectivity index (χ4n) is 3.91. The number of sulfonamides is 2. The minimum Gasteiger partial charge on any atom is -0.219 e. The predicted octanol–water partition coefficient (Wildman–Crippen LogP) is 4.09. The molecule has 0 fully saturated rings. The molecule has 2 N–H and O–H groups in total. The Kier molecular flexibility index (Phi) is 8.38. The Balaban J connectivity index is 1.65. The number of hydrogen-bond donors (Lipinski definition) is 2. The van der Waals surface area contributed by atoms with Crippen LogP contribution in [0.4, 0.5) is 0 Å². The maximum absolute atomic E-state index is 13.5. The molecule has 4 aromatic rings. The number of sulfone groups is 1. The van der Waals surface area contributed by atoms with Crippen molar-refractivity contribution in [2.75, 3.05) is 0 Å². The predicted molar refractivity (Wildman–Crippen MR) is 149 cm³/mol. The van der Waals surface area contributed by atoms with Crippen LogP contribution in [0.2, 0.25) is 0 Å². The number of rotatable bonds is 10. The summed E-state index contributed by atoms with van der Waals surface area (Å²) in [5.74, 6) is 0. The van der Waals surface area contributed by atoms with Crippen molar-refractivity contribution in [2.24, 2.45) is 0 Å². The Labute approximate surface area is 229 Å². The molecular formula is C28H28N2O6S3. The zero-order valence-corrected chi connectivity index (χ0v) is 23.8. The van der Waals surface area contributed by atoms with Gasteiger partial charge in [-0.1, -0.05) is 72.8 Å². The first-order valence-corrected chi connectivity index (χ1v) is 16.4. The minimum atomic E-state index is -4.26. The molecule has 0 bridgehead atoms. The number of aryl methyl sites for hydroxylation is 2. The molecule has 0 spiro atoms. The molecule has 0 amide bonds. The molecule has 0 saturated heterocycles. The molecule has 0 heterocycles. The van der Waals surface area contributed by atoms with Crippen molar-refractivity contribution in [1.29, 1.82) is 0 Å². The Bertz CT molecular complexity index is 1680. The first-order valence-electron chi connectivity index (χ1n) is 11.9.